The van der Waals surface area contributed by atoms with Gasteiger partial charge < -0.3 is 0 Å². The molecular formula is C8H16N2S. The topological polar surface area (TPSA) is 27.0 Å². The minimum Gasteiger partial charge on any atom is -0.290 e. The Morgan fingerprint density at radius 1 is 1.64 bits per heavy atom. The molecule has 0 rings (SSSR count). The molecular weight excluding hydrogens is 156 g/mol. The quantitative estimate of drug-likeness (QED) is 0.589. The van der Waals surface area contributed by atoms with Gasteiger partial charge in [-0.1, -0.05) is 6.92 Å². The lowest BCUT2D eigenvalue weighted by molar-refractivity contribution is 0.285. The maximum absolute atomic E-state index is 8.45. The van der Waals surface area contributed by atoms with E-state index in [0.29, 0.717) is 12.6 Å². The number of hydrogen-bond donors (Lipinski definition) is 0. The molecule has 1 atom stereocenters. The van der Waals surface area contributed by atoms with Crippen LogP contribution in [-0.4, -0.2) is 36.5 Å². The van der Waals surface area contributed by atoms with Crippen LogP contribution in [0.25, 0.3) is 0 Å². The number of thioether (sulfide) groups is 1. The zero-order valence-electron chi connectivity index (χ0n) is 7.50. The molecule has 0 aliphatic heterocycles. The highest BCUT2D eigenvalue weighted by atomic mass is 32.2. The summed E-state index contributed by atoms with van der Waals surface area (Å²) in [5, 5.41) is 8.45. The number of hydrogen-bond acceptors (Lipinski definition) is 3. The summed E-state index contributed by atoms with van der Waals surface area (Å²) in [4.78, 5) is 2.11. The highest BCUT2D eigenvalue weighted by Crippen LogP contribution is 2.07. The van der Waals surface area contributed by atoms with Crippen LogP contribution in [-0.2, 0) is 0 Å². The Hall–Kier alpha value is -0.200. The monoisotopic (exact) mass is 172 g/mol. The van der Waals surface area contributed by atoms with Crippen LogP contribution >= 0.6 is 11.8 Å². The van der Waals surface area contributed by atoms with E-state index >= 15 is 0 Å². The lowest BCUT2D eigenvalue weighted by Crippen LogP contribution is -2.33. The molecule has 2 nitrogen and oxygen atoms in total. The average Bonchev–Trinajstić information content (AvgIpc) is 2.00. The summed E-state index contributed by atoms with van der Waals surface area (Å²) in [6, 6.07) is 2.72. The summed E-state index contributed by atoms with van der Waals surface area (Å²) in [6.07, 6.45) is 3.22. The van der Waals surface area contributed by atoms with Gasteiger partial charge in [0.2, 0.25) is 0 Å². The highest BCUT2D eigenvalue weighted by Gasteiger charge is 2.10. The third kappa shape index (κ3) is 4.28. The normalized spacial score (nSPS) is 13.0. The molecule has 0 N–H and O–H groups in total. The van der Waals surface area contributed by atoms with Crippen LogP contribution < -0.4 is 0 Å². The van der Waals surface area contributed by atoms with Gasteiger partial charge in [0, 0.05) is 11.8 Å². The molecule has 0 aromatic carbocycles. The van der Waals surface area contributed by atoms with Crippen molar-refractivity contribution in [3.8, 4) is 6.07 Å². The molecule has 0 aromatic heterocycles. The first-order chi connectivity index (χ1) is 5.26. The smallest absolute Gasteiger partial charge is 0.0866 e. The molecule has 0 saturated carbocycles. The molecule has 11 heavy (non-hydrogen) atoms. The van der Waals surface area contributed by atoms with Gasteiger partial charge in [0.05, 0.1) is 12.6 Å². The minimum atomic E-state index is 0.541. The third-order valence-corrected chi connectivity index (χ3v) is 2.49. The predicted octanol–water partition coefficient (Wildman–Crippen LogP) is 1.58. The van der Waals surface area contributed by atoms with E-state index in [2.05, 4.69) is 24.1 Å². The second-order valence-electron chi connectivity index (χ2n) is 2.59. The van der Waals surface area contributed by atoms with Crippen LogP contribution in [0.15, 0.2) is 0 Å². The molecule has 64 valence electrons. The lowest BCUT2D eigenvalue weighted by Gasteiger charge is -2.23. The molecule has 3 heteroatoms. The van der Waals surface area contributed by atoms with Crippen molar-refractivity contribution in [1.29, 1.82) is 5.26 Å². The molecule has 0 heterocycles. The zero-order chi connectivity index (χ0) is 8.69. The van der Waals surface area contributed by atoms with Crippen molar-refractivity contribution in [1.82, 2.24) is 4.90 Å². The summed E-state index contributed by atoms with van der Waals surface area (Å²) in [5.41, 5.74) is 0. The van der Waals surface area contributed by atoms with Crippen molar-refractivity contribution in [2.45, 2.75) is 19.4 Å². The van der Waals surface area contributed by atoms with E-state index in [9.17, 15) is 0 Å². The van der Waals surface area contributed by atoms with Gasteiger partial charge in [0.15, 0.2) is 0 Å². The van der Waals surface area contributed by atoms with Gasteiger partial charge in [0.1, 0.15) is 0 Å². The van der Waals surface area contributed by atoms with Crippen molar-refractivity contribution in [2.75, 3.05) is 25.6 Å². The minimum absolute atomic E-state index is 0.541. The van der Waals surface area contributed by atoms with E-state index in [0.717, 1.165) is 12.2 Å². The first kappa shape index (κ1) is 10.8. The van der Waals surface area contributed by atoms with E-state index in [4.69, 9.17) is 5.26 Å². The second-order valence-corrected chi connectivity index (χ2v) is 3.50. The van der Waals surface area contributed by atoms with Gasteiger partial charge in [-0.15, -0.1) is 0 Å². The fourth-order valence-electron chi connectivity index (χ4n) is 0.990. The molecule has 0 aliphatic rings. The predicted molar refractivity (Wildman–Crippen MR) is 50.7 cm³/mol. The Bertz CT molecular complexity index is 131. The Kier molecular flexibility index (Phi) is 6.39. The van der Waals surface area contributed by atoms with Crippen molar-refractivity contribution < 1.29 is 0 Å². The summed E-state index contributed by atoms with van der Waals surface area (Å²) in [6.45, 7) is 2.70. The maximum atomic E-state index is 8.45. The molecule has 0 radical (unpaired) electrons. The Balaban J connectivity index is 3.73. The van der Waals surface area contributed by atoms with Crippen molar-refractivity contribution in [3.63, 3.8) is 0 Å². The number of rotatable bonds is 5. The van der Waals surface area contributed by atoms with Crippen LogP contribution in [0.2, 0.25) is 0 Å². The van der Waals surface area contributed by atoms with Crippen LogP contribution in [0.5, 0.6) is 0 Å². The fraction of sp³-hybridized carbons (Fsp3) is 0.875. The SMILES string of the molecule is CCC(CSC)N(C)CC#N. The first-order valence-electron chi connectivity index (χ1n) is 3.82. The average molecular weight is 172 g/mol. The first-order valence-corrected chi connectivity index (χ1v) is 5.21. The second kappa shape index (κ2) is 6.51. The van der Waals surface area contributed by atoms with Crippen LogP contribution in [0.4, 0.5) is 0 Å². The molecule has 1 unspecified atom stereocenters. The van der Waals surface area contributed by atoms with E-state index in [1.54, 1.807) is 0 Å². The van der Waals surface area contributed by atoms with E-state index in [1.807, 2.05) is 18.8 Å². The van der Waals surface area contributed by atoms with E-state index in [-0.39, 0.29) is 0 Å². The summed E-state index contributed by atoms with van der Waals surface area (Å²) in [7, 11) is 2.01. The van der Waals surface area contributed by atoms with Crippen LogP contribution in [0, 0.1) is 11.3 Å². The standard InChI is InChI=1S/C8H16N2S/c1-4-8(7-11-3)10(2)6-5-9/h8H,4,6-7H2,1-3H3. The maximum Gasteiger partial charge on any atom is 0.0866 e. The molecule has 0 aromatic rings. The fourth-order valence-corrected chi connectivity index (χ4v) is 1.86. The molecule has 0 saturated heterocycles. The Morgan fingerprint density at radius 2 is 2.27 bits per heavy atom. The van der Waals surface area contributed by atoms with E-state index < -0.39 is 0 Å². The number of nitrogens with zero attached hydrogens (tertiary/aromatic N) is 2. The van der Waals surface area contributed by atoms with Crippen LogP contribution in [0.3, 0.4) is 0 Å². The highest BCUT2D eigenvalue weighted by molar-refractivity contribution is 7.98. The van der Waals surface area contributed by atoms with E-state index in [1.165, 1.54) is 0 Å². The van der Waals surface area contributed by atoms with Crippen molar-refractivity contribution in [2.24, 2.45) is 0 Å². The van der Waals surface area contributed by atoms with Gasteiger partial charge >= 0.3 is 0 Å². The molecule has 0 amide bonds. The number of nitriles is 1. The zero-order valence-corrected chi connectivity index (χ0v) is 8.32. The molecule has 0 fully saturated rings. The summed E-state index contributed by atoms with van der Waals surface area (Å²) in [5.74, 6) is 1.12. The third-order valence-electron chi connectivity index (χ3n) is 1.77. The van der Waals surface area contributed by atoms with Gasteiger partial charge in [-0.2, -0.15) is 17.0 Å². The van der Waals surface area contributed by atoms with Crippen molar-refractivity contribution >= 4 is 11.8 Å². The summed E-state index contributed by atoms with van der Waals surface area (Å²) < 4.78 is 0. The van der Waals surface area contributed by atoms with Crippen molar-refractivity contribution in [3.05, 3.63) is 0 Å². The van der Waals surface area contributed by atoms with Gasteiger partial charge in [0.25, 0.3) is 0 Å². The molecule has 0 spiro atoms. The van der Waals surface area contributed by atoms with Crippen LogP contribution in [0.1, 0.15) is 13.3 Å². The molecule has 0 bridgehead atoms. The van der Waals surface area contributed by atoms with Gasteiger partial charge in [-0.25, -0.2) is 0 Å². The largest absolute Gasteiger partial charge is 0.290 e. The van der Waals surface area contributed by atoms with Gasteiger partial charge in [-0.05, 0) is 19.7 Å². The lowest BCUT2D eigenvalue weighted by atomic mass is 10.2. The molecule has 0 aliphatic carbocycles. The summed E-state index contributed by atoms with van der Waals surface area (Å²) >= 11 is 1.84. The van der Waals surface area contributed by atoms with Gasteiger partial charge in [-0.3, -0.25) is 4.90 Å². The Labute approximate surface area is 73.6 Å². The Morgan fingerprint density at radius 3 is 2.64 bits per heavy atom.